The molecule has 0 amide bonds. The van der Waals surface area contributed by atoms with Gasteiger partial charge in [0.2, 0.25) is 0 Å². The second-order valence-corrected chi connectivity index (χ2v) is 3.60. The van der Waals surface area contributed by atoms with Crippen molar-refractivity contribution in [3.05, 3.63) is 36.0 Å². The molecule has 64 valence electrons. The number of anilines is 1. The van der Waals surface area contributed by atoms with Crippen LogP contribution < -0.4 is 10.6 Å². The molecule has 12 heavy (non-hydrogen) atoms. The highest BCUT2D eigenvalue weighted by molar-refractivity contribution is 7.27. The van der Waals surface area contributed by atoms with E-state index >= 15 is 0 Å². The number of allylic oxidation sites excluding steroid dienone is 1. The van der Waals surface area contributed by atoms with Gasteiger partial charge in [-0.25, -0.2) is 0 Å². The first-order chi connectivity index (χ1) is 5.59. The van der Waals surface area contributed by atoms with Crippen LogP contribution in [0.3, 0.4) is 0 Å². The minimum Gasteiger partial charge on any atom is -0.360 e. The van der Waals surface area contributed by atoms with E-state index in [1.165, 1.54) is 10.9 Å². The molecule has 1 N–H and O–H groups in total. The predicted octanol–water partition coefficient (Wildman–Crippen LogP) is 2.44. The van der Waals surface area contributed by atoms with Gasteiger partial charge < -0.3 is 5.32 Å². The van der Waals surface area contributed by atoms with E-state index in [1.54, 1.807) is 0 Å². The molecule has 2 heteroatoms. The van der Waals surface area contributed by atoms with Gasteiger partial charge in [0.15, 0.2) is 0 Å². The molecule has 0 radical (unpaired) electrons. The number of aryl methyl sites for hydroxylation is 1. The fourth-order valence-corrected chi connectivity index (χ4v) is 1.24. The Labute approximate surface area is 76.1 Å². The van der Waals surface area contributed by atoms with Crippen molar-refractivity contribution in [2.75, 3.05) is 5.32 Å². The average Bonchev–Trinajstić information content (AvgIpc) is 1.96. The summed E-state index contributed by atoms with van der Waals surface area (Å²) in [5.41, 5.74) is 3.34. The molecule has 1 rings (SSSR count). The quantitative estimate of drug-likeness (QED) is 0.687. The predicted molar refractivity (Wildman–Crippen MR) is 59.0 cm³/mol. The van der Waals surface area contributed by atoms with Crippen LogP contribution >= 0.6 is 9.24 Å². The molecule has 0 saturated heterocycles. The summed E-state index contributed by atoms with van der Waals surface area (Å²) in [7, 11) is 2.71. The first-order valence-corrected chi connectivity index (χ1v) is 4.46. The molecule has 0 aliphatic rings. The number of rotatable bonds is 2. The van der Waals surface area contributed by atoms with Crippen LogP contribution in [0.25, 0.3) is 0 Å². The number of nitrogens with one attached hydrogen (secondary N) is 1. The van der Waals surface area contributed by atoms with Gasteiger partial charge in [0, 0.05) is 11.4 Å². The van der Waals surface area contributed by atoms with Crippen LogP contribution in [-0.4, -0.2) is 0 Å². The summed E-state index contributed by atoms with van der Waals surface area (Å²) in [6.45, 7) is 7.82. The van der Waals surface area contributed by atoms with Gasteiger partial charge >= 0.3 is 0 Å². The first kappa shape index (κ1) is 9.28. The van der Waals surface area contributed by atoms with Gasteiger partial charge in [-0.05, 0) is 36.8 Å². The van der Waals surface area contributed by atoms with Gasteiger partial charge in [0.05, 0.1) is 0 Å². The van der Waals surface area contributed by atoms with Crippen molar-refractivity contribution in [1.29, 1.82) is 0 Å². The highest BCUT2D eigenvalue weighted by Gasteiger charge is 1.94. The normalized spacial score (nSPS) is 9.58. The lowest BCUT2D eigenvalue weighted by molar-refractivity contribution is 1.39. The molecule has 0 aliphatic heterocycles. The molecule has 0 saturated carbocycles. The summed E-state index contributed by atoms with van der Waals surface area (Å²) in [5, 5.41) is 4.39. The monoisotopic (exact) mass is 179 g/mol. The van der Waals surface area contributed by atoms with Gasteiger partial charge in [0.1, 0.15) is 0 Å². The molecule has 1 atom stereocenters. The number of hydrogen-bond acceptors (Lipinski definition) is 1. The lowest BCUT2D eigenvalue weighted by atomic mass is 10.2. The smallest absolute Gasteiger partial charge is 0.0387 e. The van der Waals surface area contributed by atoms with Gasteiger partial charge in [-0.1, -0.05) is 12.6 Å². The molecule has 1 aromatic rings. The summed E-state index contributed by atoms with van der Waals surface area (Å²) in [4.78, 5) is 0. The highest BCUT2D eigenvalue weighted by Crippen LogP contribution is 2.10. The zero-order valence-corrected chi connectivity index (χ0v) is 8.67. The van der Waals surface area contributed by atoms with Gasteiger partial charge in [0.25, 0.3) is 0 Å². The van der Waals surface area contributed by atoms with Crippen molar-refractivity contribution in [3.8, 4) is 0 Å². The summed E-state index contributed by atoms with van der Waals surface area (Å²) < 4.78 is 0. The maximum Gasteiger partial charge on any atom is 0.0387 e. The zero-order valence-electron chi connectivity index (χ0n) is 7.52. The Balaban J connectivity index is 2.89. The van der Waals surface area contributed by atoms with Crippen LogP contribution in [0, 0.1) is 6.92 Å². The molecule has 0 aliphatic carbocycles. The minimum absolute atomic E-state index is 0.961. The SMILES string of the molecule is C=C(C)Nc1ccc(C)c(P)c1. The van der Waals surface area contributed by atoms with E-state index in [9.17, 15) is 0 Å². The molecule has 0 aromatic heterocycles. The van der Waals surface area contributed by atoms with Crippen molar-refractivity contribution >= 4 is 20.2 Å². The standard InChI is InChI=1S/C10H14NP/c1-7(2)11-9-5-4-8(3)10(12)6-9/h4-6,11H,1,12H2,2-3H3. The fraction of sp³-hybridized carbons (Fsp3) is 0.200. The van der Waals surface area contributed by atoms with E-state index in [-0.39, 0.29) is 0 Å². The third-order valence-electron chi connectivity index (χ3n) is 1.64. The largest absolute Gasteiger partial charge is 0.360 e. The highest BCUT2D eigenvalue weighted by atomic mass is 31.0. The third kappa shape index (κ3) is 2.35. The second-order valence-electron chi connectivity index (χ2n) is 2.98. The van der Waals surface area contributed by atoms with E-state index in [0.717, 1.165) is 11.4 Å². The van der Waals surface area contributed by atoms with Crippen LogP contribution in [0.1, 0.15) is 12.5 Å². The second kappa shape index (κ2) is 3.73. The van der Waals surface area contributed by atoms with Crippen molar-refractivity contribution in [2.45, 2.75) is 13.8 Å². The van der Waals surface area contributed by atoms with Crippen LogP contribution in [0.2, 0.25) is 0 Å². The van der Waals surface area contributed by atoms with E-state index in [4.69, 9.17) is 0 Å². The van der Waals surface area contributed by atoms with Crippen LogP contribution in [-0.2, 0) is 0 Å². The third-order valence-corrected chi connectivity index (χ3v) is 2.26. The Hall–Kier alpha value is -0.810. The van der Waals surface area contributed by atoms with Gasteiger partial charge in [-0.15, -0.1) is 9.24 Å². The molecule has 1 aromatic carbocycles. The van der Waals surface area contributed by atoms with Crippen molar-refractivity contribution < 1.29 is 0 Å². The Morgan fingerprint density at radius 3 is 2.67 bits per heavy atom. The maximum atomic E-state index is 3.78. The number of benzene rings is 1. The van der Waals surface area contributed by atoms with E-state index in [1.807, 2.05) is 6.92 Å². The summed E-state index contributed by atoms with van der Waals surface area (Å²) in [6, 6.07) is 6.24. The number of hydrogen-bond donors (Lipinski definition) is 1. The molecule has 0 heterocycles. The zero-order chi connectivity index (χ0) is 9.14. The van der Waals surface area contributed by atoms with Crippen molar-refractivity contribution in [2.24, 2.45) is 0 Å². The average molecular weight is 179 g/mol. The molecular formula is C10H14NP. The van der Waals surface area contributed by atoms with E-state index < -0.39 is 0 Å². The lowest BCUT2D eigenvalue weighted by Crippen LogP contribution is -2.00. The van der Waals surface area contributed by atoms with Crippen LogP contribution in [0.5, 0.6) is 0 Å². The van der Waals surface area contributed by atoms with Gasteiger partial charge in [-0.3, -0.25) is 0 Å². The van der Waals surface area contributed by atoms with Crippen molar-refractivity contribution in [1.82, 2.24) is 0 Å². The van der Waals surface area contributed by atoms with Gasteiger partial charge in [-0.2, -0.15) is 0 Å². The molecule has 1 nitrogen and oxygen atoms in total. The maximum absolute atomic E-state index is 3.78. The Morgan fingerprint density at radius 1 is 1.50 bits per heavy atom. The first-order valence-electron chi connectivity index (χ1n) is 3.88. The fourth-order valence-electron chi connectivity index (χ4n) is 0.965. The van der Waals surface area contributed by atoms with Crippen molar-refractivity contribution in [3.63, 3.8) is 0 Å². The molecule has 0 spiro atoms. The molecule has 0 bridgehead atoms. The Morgan fingerprint density at radius 2 is 2.17 bits per heavy atom. The molecular weight excluding hydrogens is 165 g/mol. The summed E-state index contributed by atoms with van der Waals surface area (Å²) in [6.07, 6.45) is 0. The molecule has 0 fully saturated rings. The molecule has 1 unspecified atom stereocenters. The topological polar surface area (TPSA) is 12.0 Å². The minimum atomic E-state index is 0.961. The Bertz CT molecular complexity index is 305. The van der Waals surface area contributed by atoms with E-state index in [0.29, 0.717) is 0 Å². The van der Waals surface area contributed by atoms with Crippen LogP contribution in [0.4, 0.5) is 5.69 Å². The Kier molecular flexibility index (Phi) is 2.88. The van der Waals surface area contributed by atoms with Crippen LogP contribution in [0.15, 0.2) is 30.5 Å². The lowest BCUT2D eigenvalue weighted by Gasteiger charge is -2.07. The summed E-state index contributed by atoms with van der Waals surface area (Å²) in [5.74, 6) is 0. The van der Waals surface area contributed by atoms with E-state index in [2.05, 4.69) is 46.3 Å². The summed E-state index contributed by atoms with van der Waals surface area (Å²) >= 11 is 0.